The molecule has 1 aliphatic carbocycles. The molecule has 0 aromatic carbocycles. The molecule has 2 aromatic rings. The number of aromatic nitrogens is 4. The second-order valence-corrected chi connectivity index (χ2v) is 5.59. The number of hydrogen-bond acceptors (Lipinski definition) is 4. The van der Waals surface area contributed by atoms with Crippen molar-refractivity contribution in [2.45, 2.75) is 38.1 Å². The molecule has 0 unspecified atom stereocenters. The summed E-state index contributed by atoms with van der Waals surface area (Å²) in [6, 6.07) is 4.89. The van der Waals surface area contributed by atoms with Gasteiger partial charge in [-0.1, -0.05) is 19.3 Å². The monoisotopic (exact) mass is 301 g/mol. The van der Waals surface area contributed by atoms with Crippen molar-refractivity contribution in [2.75, 3.05) is 5.32 Å². The SMILES string of the molecule is Cn1nc(C(=O)Nc2ccnn2C2CCCCC2)ccc1=O. The Labute approximate surface area is 128 Å². The topological polar surface area (TPSA) is 81.8 Å². The van der Waals surface area contributed by atoms with E-state index < -0.39 is 0 Å². The molecular formula is C15H19N5O2. The molecule has 1 fully saturated rings. The van der Waals surface area contributed by atoms with E-state index in [2.05, 4.69) is 15.5 Å². The van der Waals surface area contributed by atoms with Gasteiger partial charge in [0, 0.05) is 19.2 Å². The fourth-order valence-electron chi connectivity index (χ4n) is 2.83. The van der Waals surface area contributed by atoms with Crippen molar-refractivity contribution in [3.63, 3.8) is 0 Å². The molecule has 1 amide bonds. The number of anilines is 1. The van der Waals surface area contributed by atoms with E-state index in [9.17, 15) is 9.59 Å². The number of nitrogens with one attached hydrogen (secondary N) is 1. The average Bonchev–Trinajstić information content (AvgIpc) is 2.99. The first-order valence-corrected chi connectivity index (χ1v) is 7.54. The van der Waals surface area contributed by atoms with Crippen molar-refractivity contribution in [2.24, 2.45) is 7.05 Å². The molecule has 1 aliphatic rings. The summed E-state index contributed by atoms with van der Waals surface area (Å²) >= 11 is 0. The van der Waals surface area contributed by atoms with Gasteiger partial charge in [0.25, 0.3) is 11.5 Å². The van der Waals surface area contributed by atoms with Crippen molar-refractivity contribution >= 4 is 11.7 Å². The molecule has 0 saturated heterocycles. The van der Waals surface area contributed by atoms with Gasteiger partial charge < -0.3 is 5.32 Å². The van der Waals surface area contributed by atoms with Crippen LogP contribution in [0.5, 0.6) is 0 Å². The van der Waals surface area contributed by atoms with Crippen LogP contribution in [0.15, 0.2) is 29.2 Å². The Morgan fingerprint density at radius 1 is 1.23 bits per heavy atom. The molecule has 2 heterocycles. The third-order valence-electron chi connectivity index (χ3n) is 4.03. The molecule has 0 aliphatic heterocycles. The summed E-state index contributed by atoms with van der Waals surface area (Å²) in [4.78, 5) is 23.6. The fourth-order valence-corrected chi connectivity index (χ4v) is 2.83. The zero-order valence-electron chi connectivity index (χ0n) is 12.5. The van der Waals surface area contributed by atoms with Crippen LogP contribution in [0.1, 0.15) is 48.6 Å². The van der Waals surface area contributed by atoms with E-state index in [-0.39, 0.29) is 17.2 Å². The number of nitrogens with zero attached hydrogens (tertiary/aromatic N) is 4. The van der Waals surface area contributed by atoms with Gasteiger partial charge in [-0.15, -0.1) is 0 Å². The fraction of sp³-hybridized carbons (Fsp3) is 0.467. The van der Waals surface area contributed by atoms with Gasteiger partial charge in [-0.05, 0) is 18.9 Å². The van der Waals surface area contributed by atoms with Gasteiger partial charge in [0.05, 0.1) is 12.2 Å². The minimum atomic E-state index is -0.340. The van der Waals surface area contributed by atoms with Crippen LogP contribution >= 0.6 is 0 Å². The van der Waals surface area contributed by atoms with Gasteiger partial charge in [0.15, 0.2) is 0 Å². The summed E-state index contributed by atoms with van der Waals surface area (Å²) < 4.78 is 3.03. The third kappa shape index (κ3) is 2.93. The first-order valence-electron chi connectivity index (χ1n) is 7.54. The van der Waals surface area contributed by atoms with E-state index in [4.69, 9.17) is 0 Å². The number of aryl methyl sites for hydroxylation is 1. The predicted molar refractivity (Wildman–Crippen MR) is 81.8 cm³/mol. The van der Waals surface area contributed by atoms with E-state index in [1.54, 1.807) is 12.3 Å². The van der Waals surface area contributed by atoms with Crippen molar-refractivity contribution < 1.29 is 4.79 Å². The highest BCUT2D eigenvalue weighted by Crippen LogP contribution is 2.29. The lowest BCUT2D eigenvalue weighted by molar-refractivity contribution is 0.101. The van der Waals surface area contributed by atoms with Crippen molar-refractivity contribution in [3.05, 3.63) is 40.4 Å². The third-order valence-corrected chi connectivity index (χ3v) is 4.03. The van der Waals surface area contributed by atoms with E-state index in [0.717, 1.165) is 17.5 Å². The maximum Gasteiger partial charge on any atom is 0.277 e. The zero-order valence-corrected chi connectivity index (χ0v) is 12.5. The number of hydrogen-bond donors (Lipinski definition) is 1. The van der Waals surface area contributed by atoms with Crippen LogP contribution in [0.4, 0.5) is 5.82 Å². The molecule has 0 bridgehead atoms. The number of rotatable bonds is 3. The van der Waals surface area contributed by atoms with Crippen molar-refractivity contribution in [1.29, 1.82) is 0 Å². The summed E-state index contributed by atoms with van der Waals surface area (Å²) in [6.07, 6.45) is 7.52. The van der Waals surface area contributed by atoms with Crippen LogP contribution in [0.2, 0.25) is 0 Å². The van der Waals surface area contributed by atoms with E-state index in [1.165, 1.54) is 38.4 Å². The van der Waals surface area contributed by atoms with Crippen LogP contribution in [-0.2, 0) is 7.05 Å². The van der Waals surface area contributed by atoms with Crippen LogP contribution in [0.25, 0.3) is 0 Å². The maximum atomic E-state index is 12.3. The second-order valence-electron chi connectivity index (χ2n) is 5.59. The molecule has 22 heavy (non-hydrogen) atoms. The molecule has 1 saturated carbocycles. The molecule has 116 valence electrons. The van der Waals surface area contributed by atoms with Gasteiger partial charge >= 0.3 is 0 Å². The predicted octanol–water partition coefficient (Wildman–Crippen LogP) is 1.73. The van der Waals surface area contributed by atoms with Crippen molar-refractivity contribution in [1.82, 2.24) is 19.6 Å². The lowest BCUT2D eigenvalue weighted by Crippen LogP contribution is -2.25. The Kier molecular flexibility index (Phi) is 4.04. The molecule has 0 spiro atoms. The Bertz CT molecular complexity index is 728. The molecule has 7 heteroatoms. The van der Waals surface area contributed by atoms with E-state index in [1.807, 2.05) is 4.68 Å². The number of carbonyl (C=O) groups excluding carboxylic acids is 1. The van der Waals surface area contributed by atoms with Gasteiger partial charge in [0.1, 0.15) is 11.5 Å². The highest BCUT2D eigenvalue weighted by molar-refractivity contribution is 6.02. The minimum absolute atomic E-state index is 0.207. The molecule has 0 radical (unpaired) electrons. The maximum absolute atomic E-state index is 12.3. The van der Waals surface area contributed by atoms with Gasteiger partial charge in [0.2, 0.25) is 0 Å². The summed E-state index contributed by atoms with van der Waals surface area (Å²) in [7, 11) is 1.52. The molecule has 1 N–H and O–H groups in total. The summed E-state index contributed by atoms with van der Waals surface area (Å²) in [6.45, 7) is 0. The number of amides is 1. The van der Waals surface area contributed by atoms with Gasteiger partial charge in [-0.25, -0.2) is 9.36 Å². The highest BCUT2D eigenvalue weighted by Gasteiger charge is 2.19. The Morgan fingerprint density at radius 3 is 2.73 bits per heavy atom. The molecule has 2 aromatic heterocycles. The quantitative estimate of drug-likeness (QED) is 0.936. The average molecular weight is 301 g/mol. The summed E-state index contributed by atoms with van der Waals surface area (Å²) in [5, 5.41) is 11.1. The molecular weight excluding hydrogens is 282 g/mol. The zero-order chi connectivity index (χ0) is 15.5. The van der Waals surface area contributed by atoms with Crippen LogP contribution < -0.4 is 10.9 Å². The minimum Gasteiger partial charge on any atom is -0.305 e. The first-order chi connectivity index (χ1) is 10.6. The van der Waals surface area contributed by atoms with E-state index >= 15 is 0 Å². The summed E-state index contributed by atoms with van der Waals surface area (Å²) in [5.41, 5.74) is -0.0395. The molecule has 7 nitrogen and oxygen atoms in total. The standard InChI is InChI=1S/C15H19N5O2/c1-19-14(21)8-7-12(18-19)15(22)17-13-9-10-16-20(13)11-5-3-2-4-6-11/h7-11H,2-6H2,1H3,(H,17,22). The lowest BCUT2D eigenvalue weighted by atomic mass is 9.96. The molecule has 0 atom stereocenters. The first kappa shape index (κ1) is 14.5. The number of carbonyl (C=O) groups is 1. The highest BCUT2D eigenvalue weighted by atomic mass is 16.2. The van der Waals surface area contributed by atoms with E-state index in [0.29, 0.717) is 11.9 Å². The summed E-state index contributed by atoms with van der Waals surface area (Å²) in [5.74, 6) is 0.334. The van der Waals surface area contributed by atoms with Gasteiger partial charge in [-0.2, -0.15) is 10.2 Å². The van der Waals surface area contributed by atoms with Crippen molar-refractivity contribution in [3.8, 4) is 0 Å². The van der Waals surface area contributed by atoms with Crippen LogP contribution in [-0.4, -0.2) is 25.5 Å². The van der Waals surface area contributed by atoms with Gasteiger partial charge in [-0.3, -0.25) is 9.59 Å². The second kappa shape index (κ2) is 6.13. The van der Waals surface area contributed by atoms with Crippen LogP contribution in [0.3, 0.4) is 0 Å². The Morgan fingerprint density at radius 2 is 2.00 bits per heavy atom. The smallest absolute Gasteiger partial charge is 0.277 e. The largest absolute Gasteiger partial charge is 0.305 e. The normalized spacial score (nSPS) is 15.7. The molecule has 3 rings (SSSR count). The Hall–Kier alpha value is -2.44. The van der Waals surface area contributed by atoms with Crippen LogP contribution in [0, 0.1) is 0 Å². The lowest BCUT2D eigenvalue weighted by Gasteiger charge is -2.23. The Balaban J connectivity index is 1.78.